The van der Waals surface area contributed by atoms with E-state index in [1.807, 2.05) is 6.92 Å². The van der Waals surface area contributed by atoms with Crippen molar-refractivity contribution in [3.63, 3.8) is 0 Å². The highest BCUT2D eigenvalue weighted by molar-refractivity contribution is 6.30. The van der Waals surface area contributed by atoms with Gasteiger partial charge in [-0.05, 0) is 68.8 Å². The number of ether oxygens (including phenoxy) is 1. The number of benzene rings is 2. The van der Waals surface area contributed by atoms with Crippen LogP contribution in [0.1, 0.15) is 19.4 Å². The van der Waals surface area contributed by atoms with Gasteiger partial charge in [0.1, 0.15) is 11.6 Å². The second-order valence-corrected chi connectivity index (χ2v) is 5.92. The molecule has 0 heterocycles. The minimum absolute atomic E-state index is 0.303. The zero-order valence-electron chi connectivity index (χ0n) is 12.6. The maximum absolute atomic E-state index is 12.9. The molecular formula is C17H17ClFNO2. The molecule has 116 valence electrons. The first-order valence-electron chi connectivity index (χ1n) is 6.80. The van der Waals surface area contributed by atoms with E-state index in [0.29, 0.717) is 16.5 Å². The highest BCUT2D eigenvalue weighted by Gasteiger charge is 2.30. The summed E-state index contributed by atoms with van der Waals surface area (Å²) in [4.78, 5) is 12.4. The molecule has 0 saturated heterocycles. The summed E-state index contributed by atoms with van der Waals surface area (Å²) in [6.07, 6.45) is 0. The normalized spacial score (nSPS) is 11.1. The Bertz CT molecular complexity index is 684. The van der Waals surface area contributed by atoms with Gasteiger partial charge in [0, 0.05) is 10.7 Å². The topological polar surface area (TPSA) is 38.3 Å². The summed E-state index contributed by atoms with van der Waals surface area (Å²) in [6.45, 7) is 5.16. The molecular weight excluding hydrogens is 305 g/mol. The van der Waals surface area contributed by atoms with Gasteiger partial charge in [-0.25, -0.2) is 4.39 Å². The molecule has 1 N–H and O–H groups in total. The van der Waals surface area contributed by atoms with Gasteiger partial charge in [-0.2, -0.15) is 0 Å². The lowest BCUT2D eigenvalue weighted by Gasteiger charge is -2.25. The van der Waals surface area contributed by atoms with E-state index in [4.69, 9.17) is 16.3 Å². The molecule has 1 amide bonds. The maximum atomic E-state index is 12.9. The molecule has 22 heavy (non-hydrogen) atoms. The van der Waals surface area contributed by atoms with Gasteiger partial charge in [0.25, 0.3) is 5.91 Å². The minimum Gasteiger partial charge on any atom is -0.478 e. The van der Waals surface area contributed by atoms with Crippen molar-refractivity contribution in [3.8, 4) is 5.75 Å². The summed E-state index contributed by atoms with van der Waals surface area (Å²) in [5, 5.41) is 3.42. The lowest BCUT2D eigenvalue weighted by atomic mass is 10.1. The largest absolute Gasteiger partial charge is 0.478 e. The fourth-order valence-electron chi connectivity index (χ4n) is 1.88. The Balaban J connectivity index is 2.11. The molecule has 0 bridgehead atoms. The molecule has 0 unspecified atom stereocenters. The molecule has 5 heteroatoms. The van der Waals surface area contributed by atoms with E-state index in [1.54, 1.807) is 32.0 Å². The quantitative estimate of drug-likeness (QED) is 0.895. The number of carbonyl (C=O) groups is 1. The van der Waals surface area contributed by atoms with Crippen molar-refractivity contribution in [1.82, 2.24) is 0 Å². The molecule has 0 atom stereocenters. The predicted octanol–water partition coefficient (Wildman–Crippen LogP) is 4.58. The third-order valence-electron chi connectivity index (χ3n) is 3.17. The van der Waals surface area contributed by atoms with Gasteiger partial charge in [0.2, 0.25) is 0 Å². The highest BCUT2D eigenvalue weighted by Crippen LogP contribution is 2.23. The Hall–Kier alpha value is -2.07. The van der Waals surface area contributed by atoms with Crippen LogP contribution in [0.2, 0.25) is 5.02 Å². The average Bonchev–Trinajstić information content (AvgIpc) is 2.44. The van der Waals surface area contributed by atoms with Gasteiger partial charge in [0.15, 0.2) is 5.60 Å². The Kier molecular flexibility index (Phi) is 4.71. The van der Waals surface area contributed by atoms with E-state index in [1.165, 1.54) is 24.3 Å². The molecule has 3 nitrogen and oxygen atoms in total. The maximum Gasteiger partial charge on any atom is 0.267 e. The van der Waals surface area contributed by atoms with Crippen molar-refractivity contribution in [3.05, 3.63) is 58.9 Å². The highest BCUT2D eigenvalue weighted by atomic mass is 35.5. The van der Waals surface area contributed by atoms with Crippen molar-refractivity contribution in [2.24, 2.45) is 0 Å². The zero-order valence-corrected chi connectivity index (χ0v) is 13.4. The molecule has 2 aromatic rings. The van der Waals surface area contributed by atoms with Crippen LogP contribution in [-0.2, 0) is 4.79 Å². The van der Waals surface area contributed by atoms with Crippen LogP contribution in [0.25, 0.3) is 0 Å². The molecule has 0 aromatic heterocycles. The summed E-state index contributed by atoms with van der Waals surface area (Å²) in [5.41, 5.74) is 0.424. The first-order valence-corrected chi connectivity index (χ1v) is 7.18. The van der Waals surface area contributed by atoms with Crippen molar-refractivity contribution >= 4 is 23.2 Å². The van der Waals surface area contributed by atoms with Crippen LogP contribution in [0.4, 0.5) is 10.1 Å². The number of nitrogens with one attached hydrogen (secondary N) is 1. The number of halogens is 2. The second kappa shape index (κ2) is 6.36. The van der Waals surface area contributed by atoms with Crippen LogP contribution in [0.5, 0.6) is 5.75 Å². The smallest absolute Gasteiger partial charge is 0.267 e. The van der Waals surface area contributed by atoms with Crippen molar-refractivity contribution in [1.29, 1.82) is 0 Å². The lowest BCUT2D eigenvalue weighted by molar-refractivity contribution is -0.128. The second-order valence-electron chi connectivity index (χ2n) is 5.48. The first kappa shape index (κ1) is 16.3. The summed E-state index contributed by atoms with van der Waals surface area (Å²) in [7, 11) is 0. The Labute approximate surface area is 134 Å². The van der Waals surface area contributed by atoms with E-state index in [-0.39, 0.29) is 11.7 Å². The van der Waals surface area contributed by atoms with Gasteiger partial charge in [-0.15, -0.1) is 0 Å². The van der Waals surface area contributed by atoms with E-state index >= 15 is 0 Å². The third kappa shape index (κ3) is 3.98. The van der Waals surface area contributed by atoms with E-state index in [2.05, 4.69) is 5.32 Å². The van der Waals surface area contributed by atoms with Crippen LogP contribution in [-0.4, -0.2) is 11.5 Å². The van der Waals surface area contributed by atoms with Crippen molar-refractivity contribution in [2.45, 2.75) is 26.4 Å². The molecule has 0 aliphatic carbocycles. The zero-order chi connectivity index (χ0) is 16.3. The van der Waals surface area contributed by atoms with Gasteiger partial charge >= 0.3 is 0 Å². The van der Waals surface area contributed by atoms with E-state index < -0.39 is 5.60 Å². The fourth-order valence-corrected chi connectivity index (χ4v) is 2.11. The molecule has 0 aliphatic rings. The number of amides is 1. The third-order valence-corrected chi connectivity index (χ3v) is 3.41. The molecule has 2 rings (SSSR count). The molecule has 0 radical (unpaired) electrons. The molecule has 0 saturated carbocycles. The number of hydrogen-bond donors (Lipinski definition) is 1. The standard InChI is InChI=1S/C17H17ClFNO2/c1-11-10-12(18)4-9-15(11)20-16(21)17(2,3)22-14-7-5-13(19)6-8-14/h4-10H,1-3H3,(H,20,21). The Morgan fingerprint density at radius 3 is 2.41 bits per heavy atom. The molecule has 0 spiro atoms. The van der Waals surface area contributed by atoms with Crippen LogP contribution in [0.15, 0.2) is 42.5 Å². The van der Waals surface area contributed by atoms with Crippen LogP contribution >= 0.6 is 11.6 Å². The average molecular weight is 322 g/mol. The minimum atomic E-state index is -1.11. The van der Waals surface area contributed by atoms with Crippen LogP contribution < -0.4 is 10.1 Å². The van der Waals surface area contributed by atoms with Gasteiger partial charge in [-0.3, -0.25) is 4.79 Å². The molecule has 0 aliphatic heterocycles. The Morgan fingerprint density at radius 1 is 1.18 bits per heavy atom. The predicted molar refractivity (Wildman–Crippen MR) is 85.9 cm³/mol. The summed E-state index contributed by atoms with van der Waals surface area (Å²) in [6, 6.07) is 10.8. The van der Waals surface area contributed by atoms with Crippen LogP contribution in [0.3, 0.4) is 0 Å². The summed E-state index contributed by atoms with van der Waals surface area (Å²) < 4.78 is 18.5. The number of hydrogen-bond acceptors (Lipinski definition) is 2. The molecule has 2 aromatic carbocycles. The summed E-state index contributed by atoms with van der Waals surface area (Å²) >= 11 is 5.90. The molecule has 0 fully saturated rings. The van der Waals surface area contributed by atoms with Gasteiger partial charge < -0.3 is 10.1 Å². The SMILES string of the molecule is Cc1cc(Cl)ccc1NC(=O)C(C)(C)Oc1ccc(F)cc1. The number of aryl methyl sites for hydroxylation is 1. The monoisotopic (exact) mass is 321 g/mol. The van der Waals surface area contributed by atoms with Gasteiger partial charge in [-0.1, -0.05) is 11.6 Å². The van der Waals surface area contributed by atoms with Gasteiger partial charge in [0.05, 0.1) is 0 Å². The fraction of sp³-hybridized carbons (Fsp3) is 0.235. The van der Waals surface area contributed by atoms with Crippen molar-refractivity contribution in [2.75, 3.05) is 5.32 Å². The number of rotatable bonds is 4. The Morgan fingerprint density at radius 2 is 1.82 bits per heavy atom. The number of carbonyl (C=O) groups excluding carboxylic acids is 1. The lowest BCUT2D eigenvalue weighted by Crippen LogP contribution is -2.42. The van der Waals surface area contributed by atoms with E-state index in [0.717, 1.165) is 5.56 Å². The van der Waals surface area contributed by atoms with E-state index in [9.17, 15) is 9.18 Å². The summed E-state index contributed by atoms with van der Waals surface area (Å²) in [5.74, 6) is -0.233. The van der Waals surface area contributed by atoms with Crippen LogP contribution in [0, 0.1) is 12.7 Å². The van der Waals surface area contributed by atoms with Crippen molar-refractivity contribution < 1.29 is 13.9 Å². The number of anilines is 1. The first-order chi connectivity index (χ1) is 10.3.